The summed E-state index contributed by atoms with van der Waals surface area (Å²) < 4.78 is 0. The second-order valence-corrected chi connectivity index (χ2v) is 4.84. The van der Waals surface area contributed by atoms with E-state index in [4.69, 9.17) is 10.9 Å². The van der Waals surface area contributed by atoms with E-state index in [0.29, 0.717) is 24.4 Å². The molecule has 0 aliphatic carbocycles. The molecule has 19 heavy (non-hydrogen) atoms. The van der Waals surface area contributed by atoms with Crippen LogP contribution in [0.25, 0.3) is 0 Å². The van der Waals surface area contributed by atoms with Crippen molar-refractivity contribution in [3.8, 4) is 0 Å². The Labute approximate surface area is 113 Å². The first-order valence-corrected chi connectivity index (χ1v) is 6.27. The zero-order valence-electron chi connectivity index (χ0n) is 11.6. The second-order valence-electron chi connectivity index (χ2n) is 4.84. The fourth-order valence-corrected chi connectivity index (χ4v) is 1.66. The molecule has 104 valence electrons. The van der Waals surface area contributed by atoms with E-state index in [-0.39, 0.29) is 11.7 Å². The van der Waals surface area contributed by atoms with Crippen molar-refractivity contribution >= 4 is 11.7 Å². The molecule has 1 aromatic carbocycles. The number of amidine groups is 1. The van der Waals surface area contributed by atoms with Crippen LogP contribution < -0.4 is 5.73 Å². The summed E-state index contributed by atoms with van der Waals surface area (Å²) in [4.78, 5) is 13.7. The summed E-state index contributed by atoms with van der Waals surface area (Å²) in [5.74, 6) is 0.498. The molecule has 1 amide bonds. The van der Waals surface area contributed by atoms with Crippen LogP contribution in [0.3, 0.4) is 0 Å². The minimum Gasteiger partial charge on any atom is -0.409 e. The molecule has 0 spiro atoms. The Morgan fingerprint density at radius 1 is 1.37 bits per heavy atom. The molecule has 0 fully saturated rings. The lowest BCUT2D eigenvalue weighted by Crippen LogP contribution is -2.30. The van der Waals surface area contributed by atoms with E-state index in [1.807, 2.05) is 24.3 Å². The number of hydrogen-bond donors (Lipinski definition) is 2. The highest BCUT2D eigenvalue weighted by Gasteiger charge is 2.12. The predicted octanol–water partition coefficient (Wildman–Crippen LogP) is 2.02. The number of carbonyl (C=O) groups is 1. The van der Waals surface area contributed by atoms with E-state index in [0.717, 1.165) is 0 Å². The van der Waals surface area contributed by atoms with Crippen LogP contribution in [-0.2, 0) is 0 Å². The molecule has 5 heteroatoms. The lowest BCUT2D eigenvalue weighted by atomic mass is 10.0. The number of benzene rings is 1. The Kier molecular flexibility index (Phi) is 5.36. The highest BCUT2D eigenvalue weighted by Crippen LogP contribution is 2.15. The molecular weight excluding hydrogens is 242 g/mol. The molecule has 0 unspecified atom stereocenters. The Morgan fingerprint density at radius 3 is 2.42 bits per heavy atom. The van der Waals surface area contributed by atoms with E-state index >= 15 is 0 Å². The highest BCUT2D eigenvalue weighted by atomic mass is 16.4. The number of rotatable bonds is 5. The van der Waals surface area contributed by atoms with Crippen LogP contribution in [0.4, 0.5) is 0 Å². The van der Waals surface area contributed by atoms with Gasteiger partial charge in [0.25, 0.3) is 5.91 Å². The summed E-state index contributed by atoms with van der Waals surface area (Å²) in [6, 6.07) is 7.60. The van der Waals surface area contributed by atoms with Crippen LogP contribution in [0.5, 0.6) is 0 Å². The molecule has 5 nitrogen and oxygen atoms in total. The van der Waals surface area contributed by atoms with Gasteiger partial charge in [-0.2, -0.15) is 0 Å². The lowest BCUT2D eigenvalue weighted by molar-refractivity contribution is 0.0798. The summed E-state index contributed by atoms with van der Waals surface area (Å²) in [5, 5.41) is 11.3. The Balaban J connectivity index is 2.66. The van der Waals surface area contributed by atoms with Gasteiger partial charge in [0.05, 0.1) is 0 Å². The SMILES string of the molecule is CC(C)c1ccc(C(=O)N(C)CC/C(N)=N/O)cc1. The van der Waals surface area contributed by atoms with E-state index in [1.165, 1.54) is 5.56 Å². The van der Waals surface area contributed by atoms with Gasteiger partial charge in [0.15, 0.2) is 0 Å². The van der Waals surface area contributed by atoms with Gasteiger partial charge in [0.1, 0.15) is 5.84 Å². The molecule has 0 radical (unpaired) electrons. The van der Waals surface area contributed by atoms with Gasteiger partial charge in [-0.3, -0.25) is 4.79 Å². The Hall–Kier alpha value is -2.04. The van der Waals surface area contributed by atoms with Gasteiger partial charge in [-0.15, -0.1) is 0 Å². The zero-order chi connectivity index (χ0) is 14.4. The molecular formula is C14H21N3O2. The van der Waals surface area contributed by atoms with Crippen molar-refractivity contribution in [2.75, 3.05) is 13.6 Å². The highest BCUT2D eigenvalue weighted by molar-refractivity contribution is 5.94. The van der Waals surface area contributed by atoms with Crippen molar-refractivity contribution in [3.05, 3.63) is 35.4 Å². The van der Waals surface area contributed by atoms with Crippen LogP contribution in [0, 0.1) is 0 Å². The molecule has 0 aliphatic rings. The van der Waals surface area contributed by atoms with Crippen LogP contribution >= 0.6 is 0 Å². The molecule has 1 aromatic rings. The van der Waals surface area contributed by atoms with Crippen LogP contribution in [0.2, 0.25) is 0 Å². The minimum absolute atomic E-state index is 0.0685. The largest absolute Gasteiger partial charge is 0.409 e. The minimum atomic E-state index is -0.0685. The molecule has 0 atom stereocenters. The topological polar surface area (TPSA) is 78.9 Å². The van der Waals surface area contributed by atoms with Gasteiger partial charge < -0.3 is 15.8 Å². The van der Waals surface area contributed by atoms with Crippen molar-refractivity contribution in [2.24, 2.45) is 10.9 Å². The van der Waals surface area contributed by atoms with Gasteiger partial charge in [0.2, 0.25) is 0 Å². The van der Waals surface area contributed by atoms with Crippen molar-refractivity contribution in [1.82, 2.24) is 4.90 Å². The Bertz CT molecular complexity index is 452. The summed E-state index contributed by atoms with van der Waals surface area (Å²) in [6.45, 7) is 4.64. The fraction of sp³-hybridized carbons (Fsp3) is 0.429. The van der Waals surface area contributed by atoms with Crippen LogP contribution in [-0.4, -0.2) is 35.4 Å². The Morgan fingerprint density at radius 2 is 1.95 bits per heavy atom. The molecule has 3 N–H and O–H groups in total. The van der Waals surface area contributed by atoms with Gasteiger partial charge in [-0.1, -0.05) is 31.1 Å². The molecule has 0 heterocycles. The van der Waals surface area contributed by atoms with E-state index < -0.39 is 0 Å². The van der Waals surface area contributed by atoms with Gasteiger partial charge >= 0.3 is 0 Å². The lowest BCUT2D eigenvalue weighted by Gasteiger charge is -2.17. The maximum Gasteiger partial charge on any atom is 0.253 e. The van der Waals surface area contributed by atoms with Gasteiger partial charge in [-0.25, -0.2) is 0 Å². The average molecular weight is 263 g/mol. The summed E-state index contributed by atoms with van der Waals surface area (Å²) in [6.07, 6.45) is 0.350. The van der Waals surface area contributed by atoms with Crippen molar-refractivity contribution in [2.45, 2.75) is 26.2 Å². The molecule has 0 aromatic heterocycles. The van der Waals surface area contributed by atoms with E-state index in [1.54, 1.807) is 11.9 Å². The first-order valence-electron chi connectivity index (χ1n) is 6.27. The molecule has 0 saturated heterocycles. The van der Waals surface area contributed by atoms with Crippen molar-refractivity contribution < 1.29 is 10.0 Å². The third-order valence-corrected chi connectivity index (χ3v) is 3.00. The van der Waals surface area contributed by atoms with Crippen LogP contribution in [0.15, 0.2) is 29.4 Å². The second kappa shape index (κ2) is 6.78. The number of nitrogens with two attached hydrogens (primary N) is 1. The van der Waals surface area contributed by atoms with E-state index in [2.05, 4.69) is 19.0 Å². The fourth-order valence-electron chi connectivity index (χ4n) is 1.66. The third-order valence-electron chi connectivity index (χ3n) is 3.00. The molecule has 0 aliphatic heterocycles. The maximum absolute atomic E-state index is 12.1. The zero-order valence-corrected chi connectivity index (χ0v) is 11.6. The third kappa shape index (κ3) is 4.28. The van der Waals surface area contributed by atoms with Crippen molar-refractivity contribution in [3.63, 3.8) is 0 Å². The van der Waals surface area contributed by atoms with Gasteiger partial charge in [0, 0.05) is 25.6 Å². The predicted molar refractivity (Wildman–Crippen MR) is 75.5 cm³/mol. The number of carbonyl (C=O) groups excluding carboxylic acids is 1. The molecule has 0 bridgehead atoms. The first-order chi connectivity index (χ1) is 8.95. The van der Waals surface area contributed by atoms with Gasteiger partial charge in [-0.05, 0) is 23.6 Å². The quantitative estimate of drug-likeness (QED) is 0.369. The van der Waals surface area contributed by atoms with E-state index in [9.17, 15) is 4.79 Å². The maximum atomic E-state index is 12.1. The summed E-state index contributed by atoms with van der Waals surface area (Å²) in [5.41, 5.74) is 7.22. The summed E-state index contributed by atoms with van der Waals surface area (Å²) >= 11 is 0. The standard InChI is InChI=1S/C14H21N3O2/c1-10(2)11-4-6-12(7-5-11)14(18)17(3)9-8-13(15)16-19/h4-7,10,19H,8-9H2,1-3H3,(H2,15,16). The van der Waals surface area contributed by atoms with Crippen LogP contribution in [0.1, 0.15) is 42.1 Å². The van der Waals surface area contributed by atoms with Crippen molar-refractivity contribution in [1.29, 1.82) is 0 Å². The average Bonchev–Trinajstić information content (AvgIpc) is 2.43. The number of oxime groups is 1. The monoisotopic (exact) mass is 263 g/mol. The molecule has 1 rings (SSSR count). The summed E-state index contributed by atoms with van der Waals surface area (Å²) in [7, 11) is 1.70. The molecule has 0 saturated carbocycles. The first kappa shape index (κ1) is 15.0. The number of nitrogens with zero attached hydrogens (tertiary/aromatic N) is 2. The number of hydrogen-bond acceptors (Lipinski definition) is 3. The smallest absolute Gasteiger partial charge is 0.253 e. The normalized spacial score (nSPS) is 11.7. The number of amides is 1.